The molecule has 0 aliphatic carbocycles. The Kier molecular flexibility index (Phi) is 5.46. The third-order valence-electron chi connectivity index (χ3n) is 4.27. The van der Waals surface area contributed by atoms with Crippen LogP contribution in [0.25, 0.3) is 5.69 Å². The Hall–Kier alpha value is -3.19. The highest BCUT2D eigenvalue weighted by Gasteiger charge is 2.22. The highest BCUT2D eigenvalue weighted by Crippen LogP contribution is 2.25. The Balaban J connectivity index is 1.89. The minimum absolute atomic E-state index is 0.126. The second kappa shape index (κ2) is 7.82. The van der Waals surface area contributed by atoms with Crippen molar-refractivity contribution in [3.8, 4) is 5.69 Å². The molecule has 0 aliphatic heterocycles. The molecule has 0 unspecified atom stereocenters. The number of carbonyl (C=O) groups excluding carboxylic acids is 2. The molecule has 0 aliphatic rings. The van der Waals surface area contributed by atoms with Crippen molar-refractivity contribution < 1.29 is 14.0 Å². The molecule has 2 N–H and O–H groups in total. The average molecular weight is 401 g/mol. The van der Waals surface area contributed by atoms with Gasteiger partial charge >= 0.3 is 0 Å². The summed E-state index contributed by atoms with van der Waals surface area (Å²) >= 11 is 6.38. The Morgan fingerprint density at radius 2 is 1.75 bits per heavy atom. The maximum atomic E-state index is 13.1. The van der Waals surface area contributed by atoms with E-state index >= 15 is 0 Å². The summed E-state index contributed by atoms with van der Waals surface area (Å²) in [7, 11) is 1.55. The fraction of sp³-hybridized carbons (Fsp3) is 0.150. The molecule has 0 fully saturated rings. The molecule has 8 heteroatoms. The predicted molar refractivity (Wildman–Crippen MR) is 106 cm³/mol. The first kappa shape index (κ1) is 19.6. The summed E-state index contributed by atoms with van der Waals surface area (Å²) < 4.78 is 14.5. The van der Waals surface area contributed by atoms with Gasteiger partial charge in [0.15, 0.2) is 0 Å². The van der Waals surface area contributed by atoms with E-state index in [9.17, 15) is 14.0 Å². The van der Waals surface area contributed by atoms with Crippen LogP contribution >= 0.6 is 11.6 Å². The van der Waals surface area contributed by atoms with Gasteiger partial charge in [-0.05, 0) is 61.9 Å². The number of carbonyl (C=O) groups is 2. The number of aryl methyl sites for hydroxylation is 2. The molecule has 1 heterocycles. The zero-order chi connectivity index (χ0) is 20.4. The molecule has 2 aromatic carbocycles. The minimum Gasteiger partial charge on any atom is -0.355 e. The van der Waals surface area contributed by atoms with E-state index in [1.54, 1.807) is 39.1 Å². The summed E-state index contributed by atoms with van der Waals surface area (Å²) in [6, 6.07) is 10.6. The topological polar surface area (TPSA) is 76.0 Å². The predicted octanol–water partition coefficient (Wildman–Crippen LogP) is 3.89. The van der Waals surface area contributed by atoms with Gasteiger partial charge in [-0.3, -0.25) is 9.59 Å². The molecule has 144 valence electrons. The van der Waals surface area contributed by atoms with Gasteiger partial charge in [-0.1, -0.05) is 11.6 Å². The van der Waals surface area contributed by atoms with E-state index < -0.39 is 5.91 Å². The highest BCUT2D eigenvalue weighted by atomic mass is 35.5. The molecule has 6 nitrogen and oxygen atoms in total. The molecule has 0 bridgehead atoms. The van der Waals surface area contributed by atoms with Crippen molar-refractivity contribution >= 4 is 29.1 Å². The van der Waals surface area contributed by atoms with Gasteiger partial charge in [0.05, 0.1) is 11.4 Å². The van der Waals surface area contributed by atoms with Crippen molar-refractivity contribution in [2.24, 2.45) is 0 Å². The van der Waals surface area contributed by atoms with Gasteiger partial charge in [0, 0.05) is 18.3 Å². The van der Waals surface area contributed by atoms with Gasteiger partial charge in [-0.2, -0.15) is 5.10 Å². The summed E-state index contributed by atoms with van der Waals surface area (Å²) in [6.45, 7) is 3.46. The number of anilines is 1. The fourth-order valence-corrected chi connectivity index (χ4v) is 3.14. The van der Waals surface area contributed by atoms with Crippen LogP contribution in [0.1, 0.15) is 32.0 Å². The van der Waals surface area contributed by atoms with Gasteiger partial charge in [-0.15, -0.1) is 0 Å². The van der Waals surface area contributed by atoms with Crippen molar-refractivity contribution in [1.29, 1.82) is 0 Å². The molecule has 0 spiro atoms. The van der Waals surface area contributed by atoms with E-state index in [1.807, 2.05) is 0 Å². The van der Waals surface area contributed by atoms with Crippen LogP contribution in [0, 0.1) is 19.7 Å². The lowest BCUT2D eigenvalue weighted by Gasteiger charge is -2.10. The number of nitrogens with zero attached hydrogens (tertiary/aromatic N) is 2. The molecule has 0 radical (unpaired) electrons. The number of amides is 2. The molecule has 0 saturated heterocycles. The van der Waals surface area contributed by atoms with Gasteiger partial charge in [0.1, 0.15) is 16.5 Å². The summed E-state index contributed by atoms with van der Waals surface area (Å²) in [4.78, 5) is 24.5. The molecule has 28 heavy (non-hydrogen) atoms. The normalized spacial score (nSPS) is 10.6. The SMILES string of the molecule is CNC(=O)c1ccc(NC(=O)c2c(C)nn(-c3ccc(F)cc3)c2Cl)c(C)c1. The lowest BCUT2D eigenvalue weighted by atomic mass is 10.1. The number of benzene rings is 2. The van der Waals surface area contributed by atoms with Crippen LogP contribution < -0.4 is 10.6 Å². The Morgan fingerprint density at radius 1 is 1.07 bits per heavy atom. The van der Waals surface area contributed by atoms with Crippen LogP contribution in [0.2, 0.25) is 5.15 Å². The summed E-state index contributed by atoms with van der Waals surface area (Å²) in [5.41, 5.74) is 2.99. The van der Waals surface area contributed by atoms with Crippen LogP contribution in [0.4, 0.5) is 10.1 Å². The Labute approximate surface area is 166 Å². The lowest BCUT2D eigenvalue weighted by Crippen LogP contribution is -2.18. The molecule has 2 amide bonds. The smallest absolute Gasteiger partial charge is 0.260 e. The standard InChI is InChI=1S/C20H18ClFN4O2/c1-11-10-13(19(27)23-3)4-9-16(11)24-20(28)17-12(2)25-26(18(17)21)15-7-5-14(22)6-8-15/h4-10H,1-3H3,(H,23,27)(H,24,28). The van der Waals surface area contributed by atoms with Crippen LogP contribution in [0.5, 0.6) is 0 Å². The molecular weight excluding hydrogens is 383 g/mol. The first-order valence-electron chi connectivity index (χ1n) is 8.47. The molecule has 3 aromatic rings. The largest absolute Gasteiger partial charge is 0.355 e. The maximum Gasteiger partial charge on any atom is 0.260 e. The number of nitrogens with one attached hydrogen (secondary N) is 2. The van der Waals surface area contributed by atoms with Crippen molar-refractivity contribution in [2.75, 3.05) is 12.4 Å². The summed E-state index contributed by atoms with van der Waals surface area (Å²) in [5.74, 6) is -1.01. The second-order valence-corrected chi connectivity index (χ2v) is 6.56. The van der Waals surface area contributed by atoms with Crippen molar-refractivity contribution in [3.05, 3.63) is 75.8 Å². The Bertz CT molecular complexity index is 1060. The van der Waals surface area contributed by atoms with Crippen LogP contribution in [-0.2, 0) is 0 Å². The maximum absolute atomic E-state index is 13.1. The average Bonchev–Trinajstić information content (AvgIpc) is 2.97. The van der Waals surface area contributed by atoms with Crippen molar-refractivity contribution in [3.63, 3.8) is 0 Å². The number of halogens is 2. The third kappa shape index (κ3) is 3.75. The molecular formula is C20H18ClFN4O2. The van der Waals surface area contributed by atoms with Crippen LogP contribution in [0.15, 0.2) is 42.5 Å². The van der Waals surface area contributed by atoms with E-state index in [-0.39, 0.29) is 22.4 Å². The number of aromatic nitrogens is 2. The summed E-state index contributed by atoms with van der Waals surface area (Å²) in [6.07, 6.45) is 0. The van der Waals surface area contributed by atoms with Gasteiger partial charge in [0.2, 0.25) is 0 Å². The van der Waals surface area contributed by atoms with Gasteiger partial charge < -0.3 is 10.6 Å². The first-order valence-corrected chi connectivity index (χ1v) is 8.84. The number of hydrogen-bond acceptors (Lipinski definition) is 3. The van der Waals surface area contributed by atoms with Gasteiger partial charge in [-0.25, -0.2) is 9.07 Å². The minimum atomic E-state index is -0.424. The first-order chi connectivity index (χ1) is 13.3. The third-order valence-corrected chi connectivity index (χ3v) is 4.62. The van der Waals surface area contributed by atoms with E-state index in [2.05, 4.69) is 15.7 Å². The van der Waals surface area contributed by atoms with E-state index in [0.29, 0.717) is 22.6 Å². The number of rotatable bonds is 4. The fourth-order valence-electron chi connectivity index (χ4n) is 2.78. The van der Waals surface area contributed by atoms with Crippen molar-refractivity contribution in [1.82, 2.24) is 15.1 Å². The van der Waals surface area contributed by atoms with E-state index in [0.717, 1.165) is 5.56 Å². The molecule has 1 aromatic heterocycles. The van der Waals surface area contributed by atoms with Crippen molar-refractivity contribution in [2.45, 2.75) is 13.8 Å². The second-order valence-electron chi connectivity index (χ2n) is 6.20. The lowest BCUT2D eigenvalue weighted by molar-refractivity contribution is 0.0962. The monoisotopic (exact) mass is 400 g/mol. The molecule has 0 atom stereocenters. The zero-order valence-corrected chi connectivity index (χ0v) is 16.3. The van der Waals surface area contributed by atoms with Crippen LogP contribution in [-0.4, -0.2) is 28.6 Å². The number of hydrogen-bond donors (Lipinski definition) is 2. The quantitative estimate of drug-likeness (QED) is 0.697. The summed E-state index contributed by atoms with van der Waals surface area (Å²) in [5, 5.41) is 9.77. The van der Waals surface area contributed by atoms with E-state index in [4.69, 9.17) is 11.6 Å². The van der Waals surface area contributed by atoms with Crippen LogP contribution in [0.3, 0.4) is 0 Å². The zero-order valence-electron chi connectivity index (χ0n) is 15.5. The Morgan fingerprint density at radius 3 is 2.36 bits per heavy atom. The molecule has 0 saturated carbocycles. The van der Waals surface area contributed by atoms with Gasteiger partial charge in [0.25, 0.3) is 11.8 Å². The molecule has 3 rings (SSSR count). The van der Waals surface area contributed by atoms with E-state index in [1.165, 1.54) is 28.9 Å². The highest BCUT2D eigenvalue weighted by molar-refractivity contribution is 6.34.